The molecule has 118 valence electrons. The summed E-state index contributed by atoms with van der Waals surface area (Å²) in [5.41, 5.74) is -0.0986. The van der Waals surface area contributed by atoms with E-state index in [1.54, 1.807) is 0 Å². The van der Waals surface area contributed by atoms with Crippen molar-refractivity contribution in [2.45, 2.75) is 64.6 Å². The number of amides is 1. The largest absolute Gasteiger partial charge is 0.350 e. The summed E-state index contributed by atoms with van der Waals surface area (Å²) >= 11 is 0. The number of carbonyl (C=O) groups is 1. The Morgan fingerprint density at radius 2 is 2.15 bits per heavy atom. The second-order valence-electron chi connectivity index (χ2n) is 6.80. The highest BCUT2D eigenvalue weighted by molar-refractivity contribution is 5.85. The van der Waals surface area contributed by atoms with Crippen molar-refractivity contribution in [1.29, 1.82) is 0 Å². The molecular formula is C15H30ClN3O. The van der Waals surface area contributed by atoms with E-state index < -0.39 is 0 Å². The highest BCUT2D eigenvalue weighted by Gasteiger charge is 2.36. The van der Waals surface area contributed by atoms with Gasteiger partial charge >= 0.3 is 0 Å². The minimum Gasteiger partial charge on any atom is -0.350 e. The first kappa shape index (κ1) is 17.7. The van der Waals surface area contributed by atoms with Crippen molar-refractivity contribution in [3.05, 3.63) is 0 Å². The van der Waals surface area contributed by atoms with Gasteiger partial charge in [0.15, 0.2) is 0 Å². The van der Waals surface area contributed by atoms with Crippen LogP contribution in [0.25, 0.3) is 0 Å². The van der Waals surface area contributed by atoms with Crippen molar-refractivity contribution in [2.24, 2.45) is 5.92 Å². The fraction of sp³-hybridized carbons (Fsp3) is 0.933. The number of rotatable bonds is 4. The van der Waals surface area contributed by atoms with Crippen LogP contribution in [0.1, 0.15) is 47.0 Å². The van der Waals surface area contributed by atoms with Gasteiger partial charge in [-0.3, -0.25) is 9.69 Å². The summed E-state index contributed by atoms with van der Waals surface area (Å²) in [6.45, 7) is 11.6. The molecule has 3 unspecified atom stereocenters. The number of halogens is 1. The predicted octanol–water partition coefficient (Wildman–Crippen LogP) is 1.79. The van der Waals surface area contributed by atoms with Crippen molar-refractivity contribution in [3.8, 4) is 0 Å². The van der Waals surface area contributed by atoms with Crippen LogP contribution in [0.15, 0.2) is 0 Å². The van der Waals surface area contributed by atoms with Gasteiger partial charge in [0.1, 0.15) is 0 Å². The van der Waals surface area contributed by atoms with Gasteiger partial charge in [-0.1, -0.05) is 6.92 Å². The molecule has 20 heavy (non-hydrogen) atoms. The summed E-state index contributed by atoms with van der Waals surface area (Å²) in [4.78, 5) is 14.7. The van der Waals surface area contributed by atoms with Crippen molar-refractivity contribution in [3.63, 3.8) is 0 Å². The molecule has 2 heterocycles. The maximum atomic E-state index is 12.3. The van der Waals surface area contributed by atoms with Crippen molar-refractivity contribution in [2.75, 3.05) is 19.6 Å². The van der Waals surface area contributed by atoms with Crippen molar-refractivity contribution in [1.82, 2.24) is 15.5 Å². The molecule has 2 aliphatic heterocycles. The first-order chi connectivity index (χ1) is 8.93. The van der Waals surface area contributed by atoms with Crippen molar-refractivity contribution >= 4 is 18.3 Å². The zero-order valence-electron chi connectivity index (χ0n) is 13.2. The average molecular weight is 304 g/mol. The molecule has 0 bridgehead atoms. The quantitative estimate of drug-likeness (QED) is 0.832. The monoisotopic (exact) mass is 303 g/mol. The number of hydrogen-bond donors (Lipinski definition) is 2. The lowest BCUT2D eigenvalue weighted by Crippen LogP contribution is -2.55. The smallest absolute Gasteiger partial charge is 0.237 e. The lowest BCUT2D eigenvalue weighted by atomic mass is 9.92. The van der Waals surface area contributed by atoms with E-state index in [2.05, 4.69) is 36.3 Å². The highest BCUT2D eigenvalue weighted by atomic mass is 35.5. The fourth-order valence-electron chi connectivity index (χ4n) is 3.12. The average Bonchev–Trinajstić information content (AvgIpc) is 2.84. The number of piperidine rings is 1. The molecular weight excluding hydrogens is 274 g/mol. The molecule has 2 N–H and O–H groups in total. The molecule has 0 aliphatic carbocycles. The van der Waals surface area contributed by atoms with Gasteiger partial charge in [-0.05, 0) is 52.5 Å². The lowest BCUT2D eigenvalue weighted by Gasteiger charge is -2.39. The lowest BCUT2D eigenvalue weighted by molar-refractivity contribution is -0.128. The minimum absolute atomic E-state index is 0. The van der Waals surface area contributed by atoms with Gasteiger partial charge in [0.2, 0.25) is 5.91 Å². The summed E-state index contributed by atoms with van der Waals surface area (Å²) < 4.78 is 0. The minimum atomic E-state index is -0.0986. The summed E-state index contributed by atoms with van der Waals surface area (Å²) in [6, 6.07) is 0.686. The first-order valence-electron chi connectivity index (χ1n) is 7.72. The van der Waals surface area contributed by atoms with E-state index in [-0.39, 0.29) is 29.9 Å². The van der Waals surface area contributed by atoms with E-state index in [0.29, 0.717) is 6.04 Å². The first-order valence-corrected chi connectivity index (χ1v) is 7.72. The van der Waals surface area contributed by atoms with E-state index in [0.717, 1.165) is 32.0 Å². The molecule has 2 aliphatic rings. The Labute approximate surface area is 129 Å². The Morgan fingerprint density at radius 1 is 1.45 bits per heavy atom. The van der Waals surface area contributed by atoms with Crippen LogP contribution in [0.5, 0.6) is 0 Å². The summed E-state index contributed by atoms with van der Waals surface area (Å²) in [7, 11) is 0. The second-order valence-corrected chi connectivity index (χ2v) is 6.80. The van der Waals surface area contributed by atoms with E-state index in [4.69, 9.17) is 0 Å². The van der Waals surface area contributed by atoms with Crippen molar-refractivity contribution < 1.29 is 4.79 Å². The molecule has 1 amide bonds. The third-order valence-corrected chi connectivity index (χ3v) is 4.96. The third-order valence-electron chi connectivity index (χ3n) is 4.96. The molecule has 0 radical (unpaired) electrons. The Kier molecular flexibility index (Phi) is 6.29. The highest BCUT2D eigenvalue weighted by Crippen LogP contribution is 2.25. The van der Waals surface area contributed by atoms with Crippen LogP contribution in [0.3, 0.4) is 0 Å². The molecule has 3 atom stereocenters. The van der Waals surface area contributed by atoms with Gasteiger partial charge in [0, 0.05) is 24.7 Å². The maximum Gasteiger partial charge on any atom is 0.237 e. The van der Waals surface area contributed by atoms with Gasteiger partial charge < -0.3 is 10.6 Å². The molecule has 0 aromatic heterocycles. The summed E-state index contributed by atoms with van der Waals surface area (Å²) in [5, 5.41) is 6.73. The maximum absolute atomic E-state index is 12.3. The number of carbonyl (C=O) groups excluding carboxylic acids is 1. The zero-order chi connectivity index (χ0) is 14.0. The van der Waals surface area contributed by atoms with Gasteiger partial charge in [-0.25, -0.2) is 0 Å². The molecule has 0 aromatic carbocycles. The molecule has 2 fully saturated rings. The molecule has 0 saturated carbocycles. The van der Waals surface area contributed by atoms with E-state index in [1.807, 2.05) is 6.92 Å². The normalized spacial score (nSPS) is 28.4. The topological polar surface area (TPSA) is 44.4 Å². The van der Waals surface area contributed by atoms with Crippen LogP contribution < -0.4 is 10.6 Å². The number of likely N-dealkylation sites (tertiary alicyclic amines) is 1. The van der Waals surface area contributed by atoms with E-state index >= 15 is 0 Å². The summed E-state index contributed by atoms with van der Waals surface area (Å²) in [6.07, 6.45) is 3.40. The van der Waals surface area contributed by atoms with E-state index in [9.17, 15) is 4.79 Å². The SMILES string of the molecule is CCC(C)(C)NC(=O)C(C)N1CCC2NCCC2C1.Cl. The third kappa shape index (κ3) is 4.09. The Hall–Kier alpha value is -0.320. The molecule has 0 spiro atoms. The second kappa shape index (κ2) is 7.10. The summed E-state index contributed by atoms with van der Waals surface area (Å²) in [5.74, 6) is 0.916. The van der Waals surface area contributed by atoms with E-state index in [1.165, 1.54) is 12.8 Å². The van der Waals surface area contributed by atoms with Crippen LogP contribution in [-0.2, 0) is 4.79 Å². The van der Waals surface area contributed by atoms with Crippen LogP contribution in [0.2, 0.25) is 0 Å². The van der Waals surface area contributed by atoms with Crippen LogP contribution >= 0.6 is 12.4 Å². The van der Waals surface area contributed by atoms with Gasteiger partial charge in [0.05, 0.1) is 6.04 Å². The van der Waals surface area contributed by atoms with Crippen LogP contribution in [0, 0.1) is 5.92 Å². The molecule has 2 saturated heterocycles. The molecule has 0 aromatic rings. The molecule has 2 rings (SSSR count). The fourth-order valence-corrected chi connectivity index (χ4v) is 3.12. The number of fused-ring (bicyclic) bond motifs is 1. The van der Waals surface area contributed by atoms with Gasteiger partial charge in [-0.2, -0.15) is 0 Å². The number of nitrogens with one attached hydrogen (secondary N) is 2. The number of hydrogen-bond acceptors (Lipinski definition) is 3. The number of nitrogens with zero attached hydrogens (tertiary/aromatic N) is 1. The Bertz CT molecular complexity index is 335. The van der Waals surface area contributed by atoms with Crippen LogP contribution in [-0.4, -0.2) is 48.1 Å². The Balaban J connectivity index is 0.00000200. The van der Waals surface area contributed by atoms with Crippen LogP contribution in [0.4, 0.5) is 0 Å². The van der Waals surface area contributed by atoms with Gasteiger partial charge in [-0.15, -0.1) is 12.4 Å². The Morgan fingerprint density at radius 3 is 2.80 bits per heavy atom. The molecule has 4 nitrogen and oxygen atoms in total. The predicted molar refractivity (Wildman–Crippen MR) is 85.3 cm³/mol. The molecule has 5 heteroatoms. The standard InChI is InChI=1S/C15H29N3O.ClH/c1-5-15(3,4)17-14(19)11(2)18-9-7-13-12(10-18)6-8-16-13;/h11-13,16H,5-10H2,1-4H3,(H,17,19);1H. The van der Waals surface area contributed by atoms with Gasteiger partial charge in [0.25, 0.3) is 0 Å². The zero-order valence-corrected chi connectivity index (χ0v) is 14.1.